The van der Waals surface area contributed by atoms with Gasteiger partial charge in [-0.2, -0.15) is 15.2 Å². The van der Waals surface area contributed by atoms with Gasteiger partial charge in [0, 0.05) is 0 Å². The van der Waals surface area contributed by atoms with Crippen molar-refractivity contribution < 1.29 is 9.47 Å². The Hall–Kier alpha value is -2.39. The second kappa shape index (κ2) is 6.68. The molecule has 0 aliphatic carbocycles. The van der Waals surface area contributed by atoms with Crippen molar-refractivity contribution in [2.24, 2.45) is 0 Å². The zero-order chi connectivity index (χ0) is 14.4. The third-order valence-electron chi connectivity index (χ3n) is 2.19. The lowest BCUT2D eigenvalue weighted by Gasteiger charge is -2.06. The van der Waals surface area contributed by atoms with Crippen LogP contribution in [-0.2, 0) is 0 Å². The molecule has 0 amide bonds. The summed E-state index contributed by atoms with van der Waals surface area (Å²) < 4.78 is 10.7. The highest BCUT2D eigenvalue weighted by Crippen LogP contribution is 2.21. The van der Waals surface area contributed by atoms with Crippen molar-refractivity contribution in [3.05, 3.63) is 35.1 Å². The molecule has 0 N–H and O–H groups in total. The molecule has 20 heavy (non-hydrogen) atoms. The fourth-order valence-corrected chi connectivity index (χ4v) is 1.47. The molecule has 1 aromatic heterocycles. The molecule has 2 aromatic rings. The summed E-state index contributed by atoms with van der Waals surface area (Å²) in [6.45, 7) is 2.45. The Morgan fingerprint density at radius 3 is 2.50 bits per heavy atom. The van der Waals surface area contributed by atoms with Crippen LogP contribution in [0.4, 0.5) is 0 Å². The Morgan fingerprint density at radius 1 is 1.15 bits per heavy atom. The van der Waals surface area contributed by atoms with Gasteiger partial charge in [0.2, 0.25) is 5.28 Å². The first-order chi connectivity index (χ1) is 9.71. The molecule has 0 atom stereocenters. The van der Waals surface area contributed by atoms with E-state index in [4.69, 9.17) is 26.3 Å². The maximum absolute atomic E-state index is 8.72. The van der Waals surface area contributed by atoms with Crippen LogP contribution in [0.15, 0.2) is 24.3 Å². The predicted octanol–water partition coefficient (Wildman–Crippen LogP) is 2.98. The maximum atomic E-state index is 8.72. The van der Waals surface area contributed by atoms with E-state index in [1.165, 1.54) is 0 Å². The lowest BCUT2D eigenvalue weighted by molar-refractivity contribution is 0.284. The number of halogens is 1. The van der Waals surface area contributed by atoms with Crippen molar-refractivity contribution in [3.63, 3.8) is 0 Å². The standard InChI is InChI=1S/C13H11ClN4O2/c1-2-7-19-12-16-11(14)17-13(18-12)20-10-5-3-9(8-15)4-6-10/h3-6H,2,7H2,1H3. The van der Waals surface area contributed by atoms with Gasteiger partial charge in [-0.05, 0) is 42.3 Å². The third-order valence-corrected chi connectivity index (χ3v) is 2.36. The summed E-state index contributed by atoms with van der Waals surface area (Å²) in [5.74, 6) is 0.493. The first-order valence-corrected chi connectivity index (χ1v) is 6.31. The molecule has 1 heterocycles. The Bertz CT molecular complexity index is 625. The Balaban J connectivity index is 2.15. The van der Waals surface area contributed by atoms with Gasteiger partial charge in [0.05, 0.1) is 18.2 Å². The van der Waals surface area contributed by atoms with Crippen LogP contribution < -0.4 is 9.47 Å². The van der Waals surface area contributed by atoms with Gasteiger partial charge in [-0.3, -0.25) is 0 Å². The number of hydrogen-bond acceptors (Lipinski definition) is 6. The zero-order valence-electron chi connectivity index (χ0n) is 10.7. The van der Waals surface area contributed by atoms with E-state index in [-0.39, 0.29) is 17.3 Å². The number of hydrogen-bond donors (Lipinski definition) is 0. The SMILES string of the molecule is CCCOc1nc(Cl)nc(Oc2ccc(C#N)cc2)n1. The van der Waals surface area contributed by atoms with Gasteiger partial charge in [0.1, 0.15) is 5.75 Å². The molecule has 0 radical (unpaired) electrons. The number of nitrogens with zero attached hydrogens (tertiary/aromatic N) is 4. The normalized spacial score (nSPS) is 9.85. The summed E-state index contributed by atoms with van der Waals surface area (Å²) >= 11 is 5.78. The van der Waals surface area contributed by atoms with Gasteiger partial charge in [-0.1, -0.05) is 6.92 Å². The van der Waals surface area contributed by atoms with E-state index < -0.39 is 0 Å². The molecule has 0 aliphatic rings. The van der Waals surface area contributed by atoms with E-state index in [1.807, 2.05) is 13.0 Å². The third kappa shape index (κ3) is 3.80. The minimum atomic E-state index is -0.00486. The van der Waals surface area contributed by atoms with Crippen LogP contribution in [0.1, 0.15) is 18.9 Å². The quantitative estimate of drug-likeness (QED) is 0.842. The summed E-state index contributed by atoms with van der Waals surface area (Å²) in [6, 6.07) is 8.73. The molecule has 7 heteroatoms. The van der Waals surface area contributed by atoms with Crippen molar-refractivity contribution in [2.75, 3.05) is 6.61 Å². The summed E-state index contributed by atoms with van der Waals surface area (Å²) in [4.78, 5) is 11.7. The molecule has 0 spiro atoms. The van der Waals surface area contributed by atoms with Crippen LogP contribution >= 0.6 is 11.6 Å². The van der Waals surface area contributed by atoms with Gasteiger partial charge < -0.3 is 9.47 Å². The van der Waals surface area contributed by atoms with E-state index in [1.54, 1.807) is 24.3 Å². The topological polar surface area (TPSA) is 80.9 Å². The zero-order valence-corrected chi connectivity index (χ0v) is 11.5. The van der Waals surface area contributed by atoms with Crippen molar-refractivity contribution in [1.29, 1.82) is 5.26 Å². The monoisotopic (exact) mass is 290 g/mol. The summed E-state index contributed by atoms with van der Waals surface area (Å²) in [6.07, 6.45) is 0.828. The Morgan fingerprint density at radius 2 is 1.85 bits per heavy atom. The number of rotatable bonds is 5. The summed E-state index contributed by atoms with van der Waals surface area (Å²) in [5, 5.41) is 8.71. The molecular formula is C13H11ClN4O2. The number of aromatic nitrogens is 3. The number of ether oxygens (including phenoxy) is 2. The first-order valence-electron chi connectivity index (χ1n) is 5.93. The highest BCUT2D eigenvalue weighted by Gasteiger charge is 2.08. The molecule has 0 aliphatic heterocycles. The van der Waals surface area contributed by atoms with Gasteiger partial charge >= 0.3 is 12.0 Å². The van der Waals surface area contributed by atoms with Crippen LogP contribution in [0.3, 0.4) is 0 Å². The largest absolute Gasteiger partial charge is 0.463 e. The van der Waals surface area contributed by atoms with E-state index in [0.717, 1.165) is 6.42 Å². The molecule has 0 unspecified atom stereocenters. The lowest BCUT2D eigenvalue weighted by Crippen LogP contribution is -2.03. The fourth-order valence-electron chi connectivity index (χ4n) is 1.32. The van der Waals surface area contributed by atoms with Gasteiger partial charge in [0.25, 0.3) is 0 Å². The summed E-state index contributed by atoms with van der Waals surface area (Å²) in [5.41, 5.74) is 0.540. The average molecular weight is 291 g/mol. The second-order valence-electron chi connectivity index (χ2n) is 3.76. The number of benzene rings is 1. The number of nitriles is 1. The molecule has 0 saturated heterocycles. The Kier molecular flexibility index (Phi) is 4.69. The molecule has 0 bridgehead atoms. The summed E-state index contributed by atoms with van der Waals surface area (Å²) in [7, 11) is 0. The molecule has 102 valence electrons. The first kappa shape index (κ1) is 14.0. The lowest BCUT2D eigenvalue weighted by atomic mass is 10.2. The molecule has 1 aromatic carbocycles. The molecule has 6 nitrogen and oxygen atoms in total. The smallest absolute Gasteiger partial charge is 0.329 e. The van der Waals surface area contributed by atoms with Gasteiger partial charge in [-0.25, -0.2) is 0 Å². The highest BCUT2D eigenvalue weighted by atomic mass is 35.5. The minimum Gasteiger partial charge on any atom is -0.463 e. The molecular weight excluding hydrogens is 280 g/mol. The van der Waals surface area contributed by atoms with Crippen molar-refractivity contribution in [3.8, 4) is 23.8 Å². The fraction of sp³-hybridized carbons (Fsp3) is 0.231. The molecule has 0 fully saturated rings. The second-order valence-corrected chi connectivity index (χ2v) is 4.09. The predicted molar refractivity (Wildman–Crippen MR) is 71.9 cm³/mol. The van der Waals surface area contributed by atoms with E-state index in [0.29, 0.717) is 17.9 Å². The van der Waals surface area contributed by atoms with Crippen LogP contribution in [-0.4, -0.2) is 21.6 Å². The van der Waals surface area contributed by atoms with Crippen LogP contribution in [0.25, 0.3) is 0 Å². The van der Waals surface area contributed by atoms with Gasteiger partial charge in [-0.15, -0.1) is 4.98 Å². The van der Waals surface area contributed by atoms with Gasteiger partial charge in [0.15, 0.2) is 0 Å². The highest BCUT2D eigenvalue weighted by molar-refractivity contribution is 6.28. The van der Waals surface area contributed by atoms with Crippen molar-refractivity contribution >= 4 is 11.6 Å². The van der Waals surface area contributed by atoms with Crippen LogP contribution in [0.2, 0.25) is 5.28 Å². The van der Waals surface area contributed by atoms with Crippen molar-refractivity contribution in [2.45, 2.75) is 13.3 Å². The van der Waals surface area contributed by atoms with E-state index >= 15 is 0 Å². The maximum Gasteiger partial charge on any atom is 0.329 e. The molecule has 0 saturated carbocycles. The van der Waals surface area contributed by atoms with E-state index in [2.05, 4.69) is 15.0 Å². The van der Waals surface area contributed by atoms with Crippen LogP contribution in [0.5, 0.6) is 17.8 Å². The van der Waals surface area contributed by atoms with E-state index in [9.17, 15) is 0 Å². The molecule has 2 rings (SSSR count). The minimum absolute atomic E-state index is 0.00486. The Labute approximate surface area is 121 Å². The average Bonchev–Trinajstić information content (AvgIpc) is 2.45. The van der Waals surface area contributed by atoms with Crippen molar-refractivity contribution in [1.82, 2.24) is 15.0 Å². The van der Waals surface area contributed by atoms with Crippen LogP contribution in [0, 0.1) is 11.3 Å².